The molecule has 0 bridgehead atoms. The van der Waals surface area contributed by atoms with Gasteiger partial charge in [0.2, 0.25) is 0 Å². The van der Waals surface area contributed by atoms with Crippen LogP contribution in [-0.2, 0) is 4.79 Å². The zero-order valence-electron chi connectivity index (χ0n) is 18.3. The van der Waals surface area contributed by atoms with Crippen LogP contribution in [0.25, 0.3) is 17.0 Å². The lowest BCUT2D eigenvalue weighted by atomic mass is 9.97. The number of hydrogen-bond donors (Lipinski definition) is 2. The van der Waals surface area contributed by atoms with Crippen LogP contribution in [0.4, 0.5) is 0 Å². The highest BCUT2D eigenvalue weighted by atomic mass is 35.5. The Kier molecular flexibility index (Phi) is 6.39. The first-order valence-corrected chi connectivity index (χ1v) is 10.8. The molecule has 7 nitrogen and oxygen atoms in total. The van der Waals surface area contributed by atoms with Crippen LogP contribution >= 0.6 is 11.6 Å². The van der Waals surface area contributed by atoms with E-state index in [4.69, 9.17) is 26.2 Å². The fourth-order valence-corrected chi connectivity index (χ4v) is 4.09. The first-order valence-electron chi connectivity index (χ1n) is 10.5. The predicted octanol–water partition coefficient (Wildman–Crippen LogP) is 4.78. The molecule has 1 aliphatic heterocycles. The number of carboxylic acids is 1. The Hall–Kier alpha value is -3.03. The third kappa shape index (κ3) is 4.89. The summed E-state index contributed by atoms with van der Waals surface area (Å²) in [6.07, 6.45) is 1.89. The van der Waals surface area contributed by atoms with E-state index in [1.165, 1.54) is 0 Å². The third-order valence-electron chi connectivity index (χ3n) is 5.36. The van der Waals surface area contributed by atoms with Crippen molar-refractivity contribution in [1.82, 2.24) is 15.1 Å². The van der Waals surface area contributed by atoms with Gasteiger partial charge >= 0.3 is 5.97 Å². The van der Waals surface area contributed by atoms with Crippen molar-refractivity contribution in [1.29, 1.82) is 0 Å². The normalized spacial score (nSPS) is 14.2. The molecule has 32 heavy (non-hydrogen) atoms. The van der Waals surface area contributed by atoms with Gasteiger partial charge in [0.25, 0.3) is 0 Å². The summed E-state index contributed by atoms with van der Waals surface area (Å²) in [6, 6.07) is 11.8. The van der Waals surface area contributed by atoms with Gasteiger partial charge in [0.05, 0.1) is 12.1 Å². The van der Waals surface area contributed by atoms with E-state index in [2.05, 4.69) is 30.1 Å². The number of carbonyl (C=O) groups is 1. The van der Waals surface area contributed by atoms with Crippen molar-refractivity contribution in [2.24, 2.45) is 5.92 Å². The number of rotatable bonds is 8. The van der Waals surface area contributed by atoms with Gasteiger partial charge < -0.3 is 14.6 Å². The number of halogens is 1. The van der Waals surface area contributed by atoms with Gasteiger partial charge in [0.15, 0.2) is 0 Å². The van der Waals surface area contributed by atoms with Crippen LogP contribution in [0.15, 0.2) is 42.0 Å². The maximum Gasteiger partial charge on any atom is 0.317 e. The van der Waals surface area contributed by atoms with E-state index in [-0.39, 0.29) is 18.6 Å². The summed E-state index contributed by atoms with van der Waals surface area (Å²) in [5, 5.41) is 17.3. The van der Waals surface area contributed by atoms with Gasteiger partial charge in [-0.05, 0) is 54.4 Å². The molecule has 1 atom stereocenters. The number of likely N-dealkylation sites (N-methyl/N-ethyl adjacent to an activating group) is 1. The van der Waals surface area contributed by atoms with Gasteiger partial charge in [-0.3, -0.25) is 14.8 Å². The summed E-state index contributed by atoms with van der Waals surface area (Å²) in [5.74, 6) is 0.857. The number of aromatic amines is 1. The number of ether oxygens (including phenoxy) is 2. The molecular formula is C24H26ClN3O4. The predicted molar refractivity (Wildman–Crippen MR) is 124 cm³/mol. The highest BCUT2D eigenvalue weighted by molar-refractivity contribution is 6.34. The molecule has 0 saturated carbocycles. The summed E-state index contributed by atoms with van der Waals surface area (Å²) >= 11 is 6.22. The summed E-state index contributed by atoms with van der Waals surface area (Å²) in [6.45, 7) is 5.18. The second-order valence-corrected chi connectivity index (χ2v) is 8.83. The molecule has 0 radical (unpaired) electrons. The van der Waals surface area contributed by atoms with Crippen molar-refractivity contribution in [2.45, 2.75) is 20.0 Å². The third-order valence-corrected chi connectivity index (χ3v) is 5.65. The van der Waals surface area contributed by atoms with E-state index in [0.717, 1.165) is 39.1 Å². The number of hydrogen-bond acceptors (Lipinski definition) is 5. The Bertz CT molecular complexity index is 1170. The zero-order chi connectivity index (χ0) is 22.8. The summed E-state index contributed by atoms with van der Waals surface area (Å²) in [4.78, 5) is 12.6. The molecule has 0 amide bonds. The van der Waals surface area contributed by atoms with E-state index >= 15 is 0 Å². The molecule has 1 aromatic heterocycles. The fourth-order valence-electron chi connectivity index (χ4n) is 3.90. The quantitative estimate of drug-likeness (QED) is 0.508. The smallest absolute Gasteiger partial charge is 0.317 e. The number of nitrogens with zero attached hydrogens (tertiary/aromatic N) is 2. The first-order chi connectivity index (χ1) is 15.3. The number of fused-ring (bicyclic) bond motifs is 2. The molecule has 3 aromatic rings. The Morgan fingerprint density at radius 1 is 1.31 bits per heavy atom. The molecule has 1 aliphatic rings. The van der Waals surface area contributed by atoms with Gasteiger partial charge in [-0.15, -0.1) is 0 Å². The van der Waals surface area contributed by atoms with Crippen LogP contribution in [0.1, 0.15) is 31.1 Å². The highest BCUT2D eigenvalue weighted by Gasteiger charge is 2.21. The molecule has 168 valence electrons. The molecule has 0 aliphatic carbocycles. The minimum absolute atomic E-state index is 0.0105. The minimum Gasteiger partial charge on any atom is -0.488 e. The lowest BCUT2D eigenvalue weighted by Crippen LogP contribution is -2.29. The van der Waals surface area contributed by atoms with E-state index in [1.54, 1.807) is 11.9 Å². The lowest BCUT2D eigenvalue weighted by Gasteiger charge is -2.25. The van der Waals surface area contributed by atoms with Gasteiger partial charge in [-0.1, -0.05) is 31.5 Å². The molecular weight excluding hydrogens is 430 g/mol. The molecule has 4 rings (SSSR count). The van der Waals surface area contributed by atoms with Crippen molar-refractivity contribution in [3.8, 4) is 11.5 Å². The van der Waals surface area contributed by atoms with Crippen LogP contribution in [0, 0.1) is 5.92 Å². The van der Waals surface area contributed by atoms with E-state index in [9.17, 15) is 4.79 Å². The maximum atomic E-state index is 10.9. The van der Waals surface area contributed by atoms with Gasteiger partial charge in [0, 0.05) is 23.6 Å². The second-order valence-electron chi connectivity index (χ2n) is 8.45. The summed E-state index contributed by atoms with van der Waals surface area (Å²) in [7, 11) is 1.78. The first kappa shape index (κ1) is 22.2. The molecule has 2 heterocycles. The Labute approximate surface area is 191 Å². The van der Waals surface area contributed by atoms with E-state index in [1.807, 2.05) is 36.4 Å². The standard InChI is InChI=1S/C24H26ClN3O4/c1-14(2)23(17-5-7-20-19(9-17)24(25)27-26-20)32-18-6-4-16-8-15(13-31-21(16)10-18)11-28(3)12-22(29)30/h4-10,14,23H,11-13H2,1-3H3,(H,26,27)(H,29,30). The summed E-state index contributed by atoms with van der Waals surface area (Å²) in [5.41, 5.74) is 3.83. The SMILES string of the molecule is CC(C)C(Oc1ccc2c(c1)OCC(CN(C)CC(=O)O)=C2)c1ccc2n[nH]c(Cl)c2c1. The van der Waals surface area contributed by atoms with Crippen molar-refractivity contribution in [3.05, 3.63) is 58.3 Å². The lowest BCUT2D eigenvalue weighted by molar-refractivity contribution is -0.137. The topological polar surface area (TPSA) is 87.7 Å². The van der Waals surface area contributed by atoms with Crippen molar-refractivity contribution in [2.75, 3.05) is 26.7 Å². The van der Waals surface area contributed by atoms with Crippen LogP contribution in [-0.4, -0.2) is 52.9 Å². The average molecular weight is 456 g/mol. The molecule has 8 heteroatoms. The van der Waals surface area contributed by atoms with Crippen LogP contribution in [0.5, 0.6) is 11.5 Å². The van der Waals surface area contributed by atoms with Crippen LogP contribution < -0.4 is 9.47 Å². The van der Waals surface area contributed by atoms with Crippen molar-refractivity contribution >= 4 is 34.5 Å². The Morgan fingerprint density at radius 3 is 2.88 bits per heavy atom. The number of carboxylic acid groups (broad SMARTS) is 1. The van der Waals surface area contributed by atoms with E-state index in [0.29, 0.717) is 18.3 Å². The second kappa shape index (κ2) is 9.22. The fraction of sp³-hybridized carbons (Fsp3) is 0.333. The molecule has 0 saturated heterocycles. The number of aromatic nitrogens is 2. The van der Waals surface area contributed by atoms with Gasteiger partial charge in [-0.25, -0.2) is 0 Å². The van der Waals surface area contributed by atoms with Crippen molar-refractivity contribution < 1.29 is 19.4 Å². The monoisotopic (exact) mass is 455 g/mol. The largest absolute Gasteiger partial charge is 0.488 e. The van der Waals surface area contributed by atoms with Gasteiger partial charge in [0.1, 0.15) is 29.4 Å². The number of aliphatic carboxylic acids is 1. The molecule has 0 fully saturated rings. The average Bonchev–Trinajstić information content (AvgIpc) is 3.11. The number of nitrogens with one attached hydrogen (secondary N) is 1. The number of H-pyrrole nitrogens is 1. The van der Waals surface area contributed by atoms with Crippen LogP contribution in [0.2, 0.25) is 5.15 Å². The molecule has 1 unspecified atom stereocenters. The van der Waals surface area contributed by atoms with Crippen LogP contribution in [0.3, 0.4) is 0 Å². The minimum atomic E-state index is -0.846. The van der Waals surface area contributed by atoms with Gasteiger partial charge in [-0.2, -0.15) is 5.10 Å². The highest BCUT2D eigenvalue weighted by Crippen LogP contribution is 2.35. The Morgan fingerprint density at radius 2 is 2.12 bits per heavy atom. The Balaban J connectivity index is 1.53. The molecule has 0 spiro atoms. The molecule has 2 aromatic carbocycles. The summed E-state index contributed by atoms with van der Waals surface area (Å²) < 4.78 is 12.3. The van der Waals surface area contributed by atoms with E-state index < -0.39 is 5.97 Å². The number of benzene rings is 2. The zero-order valence-corrected chi connectivity index (χ0v) is 19.0. The maximum absolute atomic E-state index is 10.9. The molecule has 2 N–H and O–H groups in total. The van der Waals surface area contributed by atoms with Crippen molar-refractivity contribution in [3.63, 3.8) is 0 Å².